The monoisotopic (exact) mass is 452 g/mol. The number of benzene rings is 3. The van der Waals surface area contributed by atoms with Gasteiger partial charge < -0.3 is 19.5 Å². The maximum absolute atomic E-state index is 6.67. The van der Waals surface area contributed by atoms with Gasteiger partial charge in [-0.1, -0.05) is 48.0 Å². The third kappa shape index (κ3) is 3.12. The lowest BCUT2D eigenvalue weighted by atomic mass is 9.84. The van der Waals surface area contributed by atoms with Crippen LogP contribution in [0.25, 0.3) is 5.70 Å². The van der Waals surface area contributed by atoms with Gasteiger partial charge in [-0.05, 0) is 36.8 Å². The lowest BCUT2D eigenvalue weighted by molar-refractivity contribution is 0.222. The molecule has 1 N–H and O–H groups in total. The van der Waals surface area contributed by atoms with Crippen molar-refractivity contribution >= 4 is 11.6 Å². The molecule has 7 nitrogen and oxygen atoms in total. The zero-order chi connectivity index (χ0) is 23.2. The van der Waals surface area contributed by atoms with Crippen LogP contribution in [0.15, 0.2) is 78.6 Å². The standard InChI is InChI=1S/C27H24N4O3/c1-16-8-10-17(11-9-16)25-23-24(30-27-28-15-29-31(25)27)19-6-4-5-7-20(19)34-26(23)18-12-13-21(32-2)22(14-18)33-3/h4-15,25-26H,1-3H3,(H,28,29,30)/t25-,26+/m0/s1. The van der Waals surface area contributed by atoms with Crippen molar-refractivity contribution in [2.45, 2.75) is 19.1 Å². The fourth-order valence-corrected chi connectivity index (χ4v) is 4.78. The first-order valence-corrected chi connectivity index (χ1v) is 11.1. The van der Waals surface area contributed by atoms with Crippen LogP contribution in [0.1, 0.15) is 34.4 Å². The largest absolute Gasteiger partial charge is 0.493 e. The number of hydrogen-bond acceptors (Lipinski definition) is 6. The highest BCUT2D eigenvalue weighted by Gasteiger charge is 2.41. The van der Waals surface area contributed by atoms with Crippen LogP contribution >= 0.6 is 0 Å². The maximum atomic E-state index is 6.67. The number of nitrogens with one attached hydrogen (secondary N) is 1. The van der Waals surface area contributed by atoms with Gasteiger partial charge in [-0.3, -0.25) is 0 Å². The Morgan fingerprint density at radius 3 is 2.47 bits per heavy atom. The number of anilines is 1. The highest BCUT2D eigenvalue weighted by Crippen LogP contribution is 2.51. The topological polar surface area (TPSA) is 70.4 Å². The van der Waals surface area contributed by atoms with Gasteiger partial charge in [-0.25, -0.2) is 4.68 Å². The molecular formula is C27H24N4O3. The third-order valence-electron chi connectivity index (χ3n) is 6.42. The van der Waals surface area contributed by atoms with E-state index in [2.05, 4.69) is 52.7 Å². The van der Waals surface area contributed by atoms with Crippen molar-refractivity contribution in [3.8, 4) is 17.2 Å². The van der Waals surface area contributed by atoms with E-state index in [0.717, 1.165) is 33.7 Å². The van der Waals surface area contributed by atoms with E-state index in [9.17, 15) is 0 Å². The summed E-state index contributed by atoms with van der Waals surface area (Å²) in [6, 6.07) is 22.3. The fourth-order valence-electron chi connectivity index (χ4n) is 4.78. The van der Waals surface area contributed by atoms with Crippen molar-refractivity contribution in [3.05, 3.63) is 101 Å². The number of ether oxygens (including phenoxy) is 3. The first kappa shape index (κ1) is 20.4. The molecule has 0 aliphatic carbocycles. The fraction of sp³-hybridized carbons (Fsp3) is 0.185. The molecule has 34 heavy (non-hydrogen) atoms. The predicted molar refractivity (Wildman–Crippen MR) is 129 cm³/mol. The SMILES string of the molecule is COc1ccc([C@H]2Oc3ccccc3C3=C2[C@H](c2ccc(C)cc2)n2ncnc2N3)cc1OC. The first-order valence-electron chi connectivity index (χ1n) is 11.1. The van der Waals surface area contributed by atoms with Crippen LogP contribution in [-0.4, -0.2) is 29.0 Å². The van der Waals surface area contributed by atoms with E-state index in [-0.39, 0.29) is 12.1 Å². The van der Waals surface area contributed by atoms with Gasteiger partial charge in [-0.15, -0.1) is 0 Å². The van der Waals surface area contributed by atoms with Crippen molar-refractivity contribution in [3.63, 3.8) is 0 Å². The highest BCUT2D eigenvalue weighted by atomic mass is 16.5. The molecule has 0 spiro atoms. The van der Waals surface area contributed by atoms with Gasteiger partial charge in [-0.2, -0.15) is 10.1 Å². The van der Waals surface area contributed by atoms with E-state index in [1.807, 2.05) is 41.1 Å². The zero-order valence-electron chi connectivity index (χ0n) is 19.1. The van der Waals surface area contributed by atoms with Crippen LogP contribution in [0.3, 0.4) is 0 Å². The summed E-state index contributed by atoms with van der Waals surface area (Å²) < 4.78 is 19.7. The van der Waals surface area contributed by atoms with Crippen molar-refractivity contribution in [2.75, 3.05) is 19.5 Å². The molecule has 1 aromatic heterocycles. The summed E-state index contributed by atoms with van der Waals surface area (Å²) >= 11 is 0. The molecule has 0 unspecified atom stereocenters. The van der Waals surface area contributed by atoms with Crippen molar-refractivity contribution < 1.29 is 14.2 Å². The Kier molecular flexibility index (Phi) is 4.76. The number of methoxy groups -OCH3 is 2. The molecule has 0 bridgehead atoms. The Balaban J connectivity index is 1.60. The molecule has 2 aliphatic heterocycles. The lowest BCUT2D eigenvalue weighted by Crippen LogP contribution is -2.32. The van der Waals surface area contributed by atoms with Crippen LogP contribution in [0.4, 0.5) is 5.95 Å². The van der Waals surface area contributed by atoms with E-state index < -0.39 is 0 Å². The minimum Gasteiger partial charge on any atom is -0.493 e. The summed E-state index contributed by atoms with van der Waals surface area (Å²) in [6.07, 6.45) is 1.21. The lowest BCUT2D eigenvalue weighted by Gasteiger charge is -2.39. The van der Waals surface area contributed by atoms with Crippen molar-refractivity contribution in [2.24, 2.45) is 0 Å². The van der Waals surface area contributed by atoms with Gasteiger partial charge in [0.05, 0.1) is 19.9 Å². The van der Waals surface area contributed by atoms with Gasteiger partial charge in [0.15, 0.2) is 11.5 Å². The summed E-state index contributed by atoms with van der Waals surface area (Å²) in [5.41, 5.74) is 6.33. The molecule has 0 amide bonds. The van der Waals surface area contributed by atoms with E-state index in [4.69, 9.17) is 14.2 Å². The Morgan fingerprint density at radius 1 is 0.912 bits per heavy atom. The number of aromatic nitrogens is 3. The minimum atomic E-state index is -0.374. The normalized spacial score (nSPS) is 18.2. The summed E-state index contributed by atoms with van der Waals surface area (Å²) in [4.78, 5) is 4.49. The van der Waals surface area contributed by atoms with E-state index in [1.165, 1.54) is 5.56 Å². The van der Waals surface area contributed by atoms with Crippen LogP contribution in [0.5, 0.6) is 17.2 Å². The Hall–Kier alpha value is -4.26. The van der Waals surface area contributed by atoms with Crippen LogP contribution in [0.2, 0.25) is 0 Å². The van der Waals surface area contributed by atoms with E-state index in [1.54, 1.807) is 20.5 Å². The Labute approximate surface area is 197 Å². The summed E-state index contributed by atoms with van der Waals surface area (Å²) in [5.74, 6) is 2.84. The predicted octanol–water partition coefficient (Wildman–Crippen LogP) is 5.16. The molecule has 170 valence electrons. The molecule has 0 fully saturated rings. The second kappa shape index (κ2) is 7.95. The Bertz CT molecular complexity index is 1410. The van der Waals surface area contributed by atoms with E-state index in [0.29, 0.717) is 17.4 Å². The number of rotatable bonds is 4. The molecule has 3 heterocycles. The smallest absolute Gasteiger partial charge is 0.226 e. The van der Waals surface area contributed by atoms with Gasteiger partial charge in [0.25, 0.3) is 0 Å². The average molecular weight is 453 g/mol. The van der Waals surface area contributed by atoms with Crippen molar-refractivity contribution in [1.82, 2.24) is 14.8 Å². The molecule has 3 aromatic carbocycles. The number of para-hydroxylation sites is 1. The van der Waals surface area contributed by atoms with Gasteiger partial charge >= 0.3 is 0 Å². The maximum Gasteiger partial charge on any atom is 0.226 e. The second-order valence-electron chi connectivity index (χ2n) is 8.41. The van der Waals surface area contributed by atoms with Crippen LogP contribution < -0.4 is 19.5 Å². The molecule has 2 atom stereocenters. The third-order valence-corrected chi connectivity index (χ3v) is 6.42. The molecular weight excluding hydrogens is 428 g/mol. The summed E-state index contributed by atoms with van der Waals surface area (Å²) in [7, 11) is 3.28. The van der Waals surface area contributed by atoms with E-state index >= 15 is 0 Å². The highest BCUT2D eigenvalue weighted by molar-refractivity contribution is 5.85. The molecule has 2 aliphatic rings. The first-order chi connectivity index (χ1) is 16.7. The van der Waals surface area contributed by atoms with Gasteiger partial charge in [0.2, 0.25) is 5.95 Å². The number of aryl methyl sites for hydroxylation is 1. The Morgan fingerprint density at radius 2 is 1.68 bits per heavy atom. The molecule has 6 rings (SSSR count). The summed E-state index contributed by atoms with van der Waals surface area (Å²) in [5, 5.41) is 8.11. The average Bonchev–Trinajstić information content (AvgIpc) is 3.35. The molecule has 0 saturated heterocycles. The number of nitrogens with zero attached hydrogens (tertiary/aromatic N) is 3. The number of fused-ring (bicyclic) bond motifs is 3. The summed E-state index contributed by atoms with van der Waals surface area (Å²) in [6.45, 7) is 2.09. The van der Waals surface area contributed by atoms with Gasteiger partial charge in [0, 0.05) is 16.7 Å². The quantitative estimate of drug-likeness (QED) is 0.461. The second-order valence-corrected chi connectivity index (χ2v) is 8.41. The number of hydrogen-bond donors (Lipinski definition) is 1. The molecule has 0 saturated carbocycles. The molecule has 7 heteroatoms. The minimum absolute atomic E-state index is 0.194. The van der Waals surface area contributed by atoms with Crippen LogP contribution in [0, 0.1) is 6.92 Å². The zero-order valence-corrected chi connectivity index (χ0v) is 19.1. The molecule has 4 aromatic rings. The van der Waals surface area contributed by atoms with Gasteiger partial charge in [0.1, 0.15) is 24.2 Å². The van der Waals surface area contributed by atoms with Crippen LogP contribution in [-0.2, 0) is 0 Å². The molecule has 0 radical (unpaired) electrons. The van der Waals surface area contributed by atoms with Crippen molar-refractivity contribution in [1.29, 1.82) is 0 Å².